The van der Waals surface area contributed by atoms with Gasteiger partial charge in [0.1, 0.15) is 6.61 Å². The minimum absolute atomic E-state index is 0.0689. The van der Waals surface area contributed by atoms with Gasteiger partial charge in [-0.2, -0.15) is 0 Å². The van der Waals surface area contributed by atoms with Crippen LogP contribution in [0.25, 0.3) is 0 Å². The SMILES string of the molecule is CC=CC(=O)OCCOP(=O)(O)c1ccccc1. The van der Waals surface area contributed by atoms with E-state index in [0.29, 0.717) is 0 Å². The molecule has 0 aliphatic heterocycles. The van der Waals surface area contributed by atoms with Crippen LogP contribution < -0.4 is 5.30 Å². The Morgan fingerprint density at radius 3 is 2.61 bits per heavy atom. The molecule has 0 aliphatic carbocycles. The molecule has 1 aromatic carbocycles. The fourth-order valence-corrected chi connectivity index (χ4v) is 2.20. The Labute approximate surface area is 106 Å². The molecule has 0 amide bonds. The molecule has 5 nitrogen and oxygen atoms in total. The Kier molecular flexibility index (Phi) is 5.78. The monoisotopic (exact) mass is 270 g/mol. The van der Waals surface area contributed by atoms with Crippen molar-refractivity contribution in [1.29, 1.82) is 0 Å². The van der Waals surface area contributed by atoms with Crippen molar-refractivity contribution in [3.05, 3.63) is 42.5 Å². The van der Waals surface area contributed by atoms with Crippen LogP contribution in [0, 0.1) is 0 Å². The molecule has 0 aliphatic rings. The summed E-state index contributed by atoms with van der Waals surface area (Å²) in [5.74, 6) is -0.506. The summed E-state index contributed by atoms with van der Waals surface area (Å²) in [5, 5.41) is 0.213. The van der Waals surface area contributed by atoms with Crippen molar-refractivity contribution >= 4 is 18.9 Å². The van der Waals surface area contributed by atoms with Crippen molar-refractivity contribution in [3.8, 4) is 0 Å². The van der Waals surface area contributed by atoms with E-state index < -0.39 is 13.6 Å². The average Bonchev–Trinajstić information content (AvgIpc) is 2.36. The lowest BCUT2D eigenvalue weighted by atomic mass is 10.4. The van der Waals surface area contributed by atoms with Crippen LogP contribution in [0.2, 0.25) is 0 Å². The van der Waals surface area contributed by atoms with Crippen molar-refractivity contribution in [2.24, 2.45) is 0 Å². The van der Waals surface area contributed by atoms with Gasteiger partial charge in [0.25, 0.3) is 0 Å². The largest absolute Gasteiger partial charge is 0.460 e. The first kappa shape index (κ1) is 14.6. The average molecular weight is 270 g/mol. The second-order valence-electron chi connectivity index (χ2n) is 3.36. The van der Waals surface area contributed by atoms with Crippen LogP contribution in [0.4, 0.5) is 0 Å². The fourth-order valence-electron chi connectivity index (χ4n) is 1.18. The lowest BCUT2D eigenvalue weighted by molar-refractivity contribution is -0.138. The maximum atomic E-state index is 11.8. The van der Waals surface area contributed by atoms with Crippen molar-refractivity contribution in [2.75, 3.05) is 13.2 Å². The Morgan fingerprint density at radius 2 is 2.00 bits per heavy atom. The smallest absolute Gasteiger partial charge is 0.358 e. The van der Waals surface area contributed by atoms with Gasteiger partial charge in [0.15, 0.2) is 0 Å². The van der Waals surface area contributed by atoms with Gasteiger partial charge >= 0.3 is 13.6 Å². The Morgan fingerprint density at radius 1 is 1.33 bits per heavy atom. The number of esters is 1. The van der Waals surface area contributed by atoms with Gasteiger partial charge in [-0.25, -0.2) is 4.79 Å². The van der Waals surface area contributed by atoms with Crippen LogP contribution in [0.15, 0.2) is 42.5 Å². The topological polar surface area (TPSA) is 72.8 Å². The molecule has 1 unspecified atom stereocenters. The summed E-state index contributed by atoms with van der Waals surface area (Å²) in [5.41, 5.74) is 0. The van der Waals surface area contributed by atoms with E-state index in [2.05, 4.69) is 0 Å². The molecule has 1 aromatic rings. The summed E-state index contributed by atoms with van der Waals surface area (Å²) >= 11 is 0. The number of rotatable bonds is 6. The van der Waals surface area contributed by atoms with Crippen LogP contribution in [0.5, 0.6) is 0 Å². The molecule has 1 atom stereocenters. The first-order chi connectivity index (χ1) is 8.56. The zero-order valence-electron chi connectivity index (χ0n) is 9.98. The third-order valence-corrected chi connectivity index (χ3v) is 3.46. The van der Waals surface area contributed by atoms with E-state index in [9.17, 15) is 14.3 Å². The molecule has 0 saturated carbocycles. The Bertz CT molecular complexity index is 455. The molecule has 6 heteroatoms. The molecule has 0 spiro atoms. The number of hydrogen-bond donors (Lipinski definition) is 1. The van der Waals surface area contributed by atoms with Crippen molar-refractivity contribution in [3.63, 3.8) is 0 Å². The van der Waals surface area contributed by atoms with Crippen LogP contribution >= 0.6 is 7.60 Å². The number of allylic oxidation sites excluding steroid dienone is 1. The molecule has 0 heterocycles. The van der Waals surface area contributed by atoms with E-state index in [4.69, 9.17) is 9.26 Å². The highest BCUT2D eigenvalue weighted by Crippen LogP contribution is 2.40. The van der Waals surface area contributed by atoms with Crippen molar-refractivity contribution < 1.29 is 23.5 Å². The van der Waals surface area contributed by atoms with E-state index in [1.165, 1.54) is 18.2 Å². The molecule has 1 rings (SSSR count). The molecule has 0 aromatic heterocycles. The van der Waals surface area contributed by atoms with Crippen LogP contribution in [-0.4, -0.2) is 24.1 Å². The second-order valence-corrected chi connectivity index (χ2v) is 5.17. The van der Waals surface area contributed by atoms with Gasteiger partial charge in [-0.3, -0.25) is 4.57 Å². The normalized spacial score (nSPS) is 14.3. The molecule has 0 saturated heterocycles. The predicted molar refractivity (Wildman–Crippen MR) is 67.6 cm³/mol. The standard InChI is InChI=1S/C12H15O5P/c1-2-6-12(13)16-9-10-17-18(14,15)11-7-4-3-5-8-11/h2-8H,9-10H2,1H3,(H,14,15). The number of benzene rings is 1. The third-order valence-electron chi connectivity index (χ3n) is 1.98. The fraction of sp³-hybridized carbons (Fsp3) is 0.250. The minimum atomic E-state index is -3.83. The molecule has 0 radical (unpaired) electrons. The molecular formula is C12H15O5P. The van der Waals surface area contributed by atoms with Crippen LogP contribution in [0.3, 0.4) is 0 Å². The lowest BCUT2D eigenvalue weighted by Crippen LogP contribution is -2.12. The van der Waals surface area contributed by atoms with E-state index in [0.717, 1.165) is 0 Å². The van der Waals surface area contributed by atoms with E-state index in [-0.39, 0.29) is 18.5 Å². The zero-order chi connectivity index (χ0) is 13.4. The number of carbonyl (C=O) groups excluding carboxylic acids is 1. The quantitative estimate of drug-likeness (QED) is 0.368. The summed E-state index contributed by atoms with van der Waals surface area (Å²) < 4.78 is 21.3. The maximum absolute atomic E-state index is 11.8. The highest BCUT2D eigenvalue weighted by atomic mass is 31.2. The number of ether oxygens (including phenoxy) is 1. The van der Waals surface area contributed by atoms with Gasteiger partial charge in [0, 0.05) is 6.08 Å². The van der Waals surface area contributed by atoms with Crippen molar-refractivity contribution in [2.45, 2.75) is 6.92 Å². The van der Waals surface area contributed by atoms with E-state index in [1.807, 2.05) is 0 Å². The summed E-state index contributed by atoms with van der Waals surface area (Å²) in [7, 11) is -3.83. The maximum Gasteiger partial charge on any atom is 0.358 e. The summed E-state index contributed by atoms with van der Waals surface area (Å²) in [6.45, 7) is 1.49. The minimum Gasteiger partial charge on any atom is -0.460 e. The van der Waals surface area contributed by atoms with Gasteiger partial charge < -0.3 is 14.2 Å². The Balaban J connectivity index is 2.39. The van der Waals surface area contributed by atoms with Gasteiger partial charge in [-0.1, -0.05) is 24.3 Å². The van der Waals surface area contributed by atoms with Gasteiger partial charge in [0.2, 0.25) is 0 Å². The highest BCUT2D eigenvalue weighted by Gasteiger charge is 2.21. The molecule has 0 bridgehead atoms. The zero-order valence-corrected chi connectivity index (χ0v) is 10.9. The number of carbonyl (C=O) groups is 1. The molecule has 1 N–H and O–H groups in total. The lowest BCUT2D eigenvalue weighted by Gasteiger charge is -2.11. The van der Waals surface area contributed by atoms with Gasteiger partial charge in [0.05, 0.1) is 11.9 Å². The van der Waals surface area contributed by atoms with Crippen LogP contribution in [0.1, 0.15) is 6.92 Å². The number of hydrogen-bond acceptors (Lipinski definition) is 4. The summed E-state index contributed by atoms with van der Waals surface area (Å²) in [6, 6.07) is 8.04. The molecule has 18 heavy (non-hydrogen) atoms. The Hall–Kier alpha value is -1.42. The van der Waals surface area contributed by atoms with E-state index >= 15 is 0 Å². The first-order valence-electron chi connectivity index (χ1n) is 5.38. The highest BCUT2D eigenvalue weighted by molar-refractivity contribution is 7.61. The summed E-state index contributed by atoms with van der Waals surface area (Å²) in [4.78, 5) is 20.6. The molecular weight excluding hydrogens is 255 g/mol. The van der Waals surface area contributed by atoms with Gasteiger partial charge in [-0.15, -0.1) is 0 Å². The second kappa shape index (κ2) is 7.11. The third kappa shape index (κ3) is 4.84. The molecule has 0 fully saturated rings. The van der Waals surface area contributed by atoms with Crippen molar-refractivity contribution in [1.82, 2.24) is 0 Å². The predicted octanol–water partition coefficient (Wildman–Crippen LogP) is 1.63. The molecule has 98 valence electrons. The van der Waals surface area contributed by atoms with Crippen LogP contribution in [-0.2, 0) is 18.6 Å². The summed E-state index contributed by atoms with van der Waals surface area (Å²) in [6.07, 6.45) is 2.81. The first-order valence-corrected chi connectivity index (χ1v) is 6.96. The van der Waals surface area contributed by atoms with E-state index in [1.54, 1.807) is 31.2 Å². The van der Waals surface area contributed by atoms with Gasteiger partial charge in [-0.05, 0) is 19.1 Å².